The first-order valence-electron chi connectivity index (χ1n) is 4.83. The van der Waals surface area contributed by atoms with Crippen LogP contribution in [0.15, 0.2) is 0 Å². The zero-order valence-electron chi connectivity index (χ0n) is 8.67. The second kappa shape index (κ2) is 12.1. The number of ether oxygens (including phenoxy) is 2. The standard InChI is InChI=1S/C9H20O3Si/c1-3-4-9-13-12-8-7-11-6-5-10-2/h3-9H2,1-2H3. The van der Waals surface area contributed by atoms with Crippen molar-refractivity contribution < 1.29 is 13.9 Å². The van der Waals surface area contributed by atoms with Gasteiger partial charge in [-0.2, -0.15) is 0 Å². The van der Waals surface area contributed by atoms with Crippen molar-refractivity contribution in [1.29, 1.82) is 0 Å². The average molecular weight is 204 g/mol. The van der Waals surface area contributed by atoms with Crippen molar-refractivity contribution in [3.63, 3.8) is 0 Å². The van der Waals surface area contributed by atoms with Gasteiger partial charge in [0.15, 0.2) is 0 Å². The van der Waals surface area contributed by atoms with Gasteiger partial charge in [-0.15, -0.1) is 0 Å². The summed E-state index contributed by atoms with van der Waals surface area (Å²) < 4.78 is 15.5. The maximum atomic E-state index is 5.38. The number of rotatable bonds is 10. The smallest absolute Gasteiger partial charge is 0.229 e. The van der Waals surface area contributed by atoms with Crippen LogP contribution in [0.25, 0.3) is 0 Å². The van der Waals surface area contributed by atoms with Crippen LogP contribution in [-0.2, 0) is 13.9 Å². The lowest BCUT2D eigenvalue weighted by molar-refractivity contribution is 0.0549. The van der Waals surface area contributed by atoms with E-state index in [1.165, 1.54) is 18.9 Å². The van der Waals surface area contributed by atoms with E-state index in [0.717, 1.165) is 0 Å². The van der Waals surface area contributed by atoms with Crippen LogP contribution in [0.1, 0.15) is 19.8 Å². The molecule has 0 aliphatic heterocycles. The van der Waals surface area contributed by atoms with Gasteiger partial charge in [-0.3, -0.25) is 0 Å². The molecular formula is C9H20O3Si. The summed E-state index contributed by atoms with van der Waals surface area (Å²) in [5.74, 6) is 0. The number of hydrogen-bond donors (Lipinski definition) is 0. The fourth-order valence-electron chi connectivity index (χ4n) is 0.738. The zero-order valence-corrected chi connectivity index (χ0v) is 9.67. The molecule has 0 amide bonds. The van der Waals surface area contributed by atoms with Gasteiger partial charge in [0.1, 0.15) is 0 Å². The summed E-state index contributed by atoms with van der Waals surface area (Å²) in [5, 5.41) is 0. The Labute approximate surface area is 83.7 Å². The van der Waals surface area contributed by atoms with Crippen molar-refractivity contribution >= 4 is 9.76 Å². The highest BCUT2D eigenvalue weighted by atomic mass is 28.2. The fourth-order valence-corrected chi connectivity index (χ4v) is 1.61. The summed E-state index contributed by atoms with van der Waals surface area (Å²) in [7, 11) is 2.31. The normalized spacial score (nSPS) is 10.6. The lowest BCUT2D eigenvalue weighted by Gasteiger charge is -2.03. The predicted molar refractivity (Wildman–Crippen MR) is 54.1 cm³/mol. The molecule has 0 bridgehead atoms. The lowest BCUT2D eigenvalue weighted by Crippen LogP contribution is -2.09. The van der Waals surface area contributed by atoms with E-state index in [0.29, 0.717) is 36.2 Å². The van der Waals surface area contributed by atoms with Gasteiger partial charge >= 0.3 is 0 Å². The minimum Gasteiger partial charge on any atom is -0.415 e. The average Bonchev–Trinajstić information content (AvgIpc) is 2.16. The minimum atomic E-state index is 0.640. The number of hydrogen-bond acceptors (Lipinski definition) is 3. The van der Waals surface area contributed by atoms with Gasteiger partial charge < -0.3 is 13.9 Å². The highest BCUT2D eigenvalue weighted by molar-refractivity contribution is 6.26. The Balaban J connectivity index is 2.76. The molecule has 13 heavy (non-hydrogen) atoms. The molecule has 0 saturated carbocycles. The zero-order chi connectivity index (χ0) is 9.78. The molecule has 0 aromatic carbocycles. The quantitative estimate of drug-likeness (QED) is 0.399. The highest BCUT2D eigenvalue weighted by Crippen LogP contribution is 1.93. The summed E-state index contributed by atoms with van der Waals surface area (Å²) in [6.07, 6.45) is 2.52. The minimum absolute atomic E-state index is 0.640. The van der Waals surface area contributed by atoms with Crippen molar-refractivity contribution in [3.05, 3.63) is 0 Å². The second-order valence-corrected chi connectivity index (χ2v) is 3.78. The molecule has 0 aromatic heterocycles. The Kier molecular flexibility index (Phi) is 12.2. The molecule has 78 valence electrons. The van der Waals surface area contributed by atoms with Crippen molar-refractivity contribution in [2.75, 3.05) is 33.5 Å². The van der Waals surface area contributed by atoms with Crippen LogP contribution in [0.4, 0.5) is 0 Å². The maximum absolute atomic E-state index is 5.38. The Hall–Kier alpha value is 0.0969. The largest absolute Gasteiger partial charge is 0.415 e. The van der Waals surface area contributed by atoms with E-state index in [4.69, 9.17) is 13.9 Å². The van der Waals surface area contributed by atoms with E-state index >= 15 is 0 Å². The Bertz CT molecular complexity index is 80.9. The van der Waals surface area contributed by atoms with Crippen molar-refractivity contribution in [3.8, 4) is 0 Å². The van der Waals surface area contributed by atoms with Gasteiger partial charge in [-0.25, -0.2) is 0 Å². The summed E-state index contributed by atoms with van der Waals surface area (Å²) in [6, 6.07) is 1.19. The molecule has 0 fully saturated rings. The third kappa shape index (κ3) is 12.1. The number of unbranched alkanes of at least 4 members (excludes halogenated alkanes) is 1. The van der Waals surface area contributed by atoms with E-state index in [-0.39, 0.29) is 0 Å². The molecule has 0 saturated heterocycles. The molecule has 0 N–H and O–H groups in total. The molecule has 0 atom stereocenters. The molecular weight excluding hydrogens is 184 g/mol. The first-order valence-corrected chi connectivity index (χ1v) is 5.94. The topological polar surface area (TPSA) is 27.7 Å². The molecule has 0 rings (SSSR count). The van der Waals surface area contributed by atoms with Crippen molar-refractivity contribution in [2.24, 2.45) is 0 Å². The van der Waals surface area contributed by atoms with Crippen LogP contribution in [0.5, 0.6) is 0 Å². The van der Waals surface area contributed by atoms with Gasteiger partial charge in [-0.1, -0.05) is 19.8 Å². The molecule has 0 aliphatic rings. The summed E-state index contributed by atoms with van der Waals surface area (Å²) >= 11 is 0. The predicted octanol–water partition coefficient (Wildman–Crippen LogP) is 1.50. The van der Waals surface area contributed by atoms with Gasteiger partial charge in [0.05, 0.1) is 26.4 Å². The molecule has 0 aromatic rings. The summed E-state index contributed by atoms with van der Waals surface area (Å²) in [5.41, 5.74) is 0. The van der Waals surface area contributed by atoms with E-state index in [2.05, 4.69) is 6.92 Å². The first kappa shape index (κ1) is 13.1. The first-order chi connectivity index (χ1) is 6.41. The number of methoxy groups -OCH3 is 1. The van der Waals surface area contributed by atoms with Gasteiger partial charge in [0.25, 0.3) is 0 Å². The van der Waals surface area contributed by atoms with Crippen LogP contribution in [-0.4, -0.2) is 43.3 Å². The van der Waals surface area contributed by atoms with Gasteiger partial charge in [0.2, 0.25) is 9.76 Å². The second-order valence-electron chi connectivity index (χ2n) is 2.70. The molecule has 0 heterocycles. The SMILES string of the molecule is CCCC[Si]OCCOCCOC. The molecule has 0 spiro atoms. The molecule has 0 unspecified atom stereocenters. The van der Waals surface area contributed by atoms with E-state index in [9.17, 15) is 0 Å². The Morgan fingerprint density at radius 1 is 1.08 bits per heavy atom. The van der Waals surface area contributed by atoms with Gasteiger partial charge in [0, 0.05) is 7.11 Å². The molecule has 0 aliphatic carbocycles. The summed E-state index contributed by atoms with van der Waals surface area (Å²) in [6.45, 7) is 4.92. The summed E-state index contributed by atoms with van der Waals surface area (Å²) in [4.78, 5) is 0. The van der Waals surface area contributed by atoms with Crippen molar-refractivity contribution in [1.82, 2.24) is 0 Å². The van der Waals surface area contributed by atoms with Crippen molar-refractivity contribution in [2.45, 2.75) is 25.8 Å². The Morgan fingerprint density at radius 3 is 2.54 bits per heavy atom. The van der Waals surface area contributed by atoms with Gasteiger partial charge in [-0.05, 0) is 6.04 Å². The van der Waals surface area contributed by atoms with E-state index < -0.39 is 0 Å². The third-order valence-electron chi connectivity index (χ3n) is 1.50. The van der Waals surface area contributed by atoms with Crippen LogP contribution >= 0.6 is 0 Å². The molecule has 3 nitrogen and oxygen atoms in total. The molecule has 4 heteroatoms. The van der Waals surface area contributed by atoms with Crippen LogP contribution in [0.3, 0.4) is 0 Å². The van der Waals surface area contributed by atoms with E-state index in [1.54, 1.807) is 7.11 Å². The van der Waals surface area contributed by atoms with Crippen LogP contribution in [0.2, 0.25) is 6.04 Å². The van der Waals surface area contributed by atoms with Crippen LogP contribution < -0.4 is 0 Å². The molecule has 2 radical (unpaired) electrons. The van der Waals surface area contributed by atoms with E-state index in [1.807, 2.05) is 0 Å². The third-order valence-corrected chi connectivity index (χ3v) is 2.46. The monoisotopic (exact) mass is 204 g/mol. The maximum Gasteiger partial charge on any atom is 0.229 e. The highest BCUT2D eigenvalue weighted by Gasteiger charge is 1.91. The van der Waals surface area contributed by atoms with Crippen LogP contribution in [0, 0.1) is 0 Å². The Morgan fingerprint density at radius 2 is 1.85 bits per heavy atom. The lowest BCUT2D eigenvalue weighted by atomic mass is 10.4. The fraction of sp³-hybridized carbons (Fsp3) is 1.00.